The molecule has 2 aromatic rings. The van der Waals surface area contributed by atoms with Crippen LogP contribution in [0, 0.1) is 5.92 Å². The zero-order valence-corrected chi connectivity index (χ0v) is 20.9. The first-order valence-electron chi connectivity index (χ1n) is 9.92. The average Bonchev–Trinajstić information content (AvgIpc) is 2.71. The molecule has 0 saturated heterocycles. The van der Waals surface area contributed by atoms with Gasteiger partial charge in [-0.3, -0.25) is 4.79 Å². The summed E-state index contributed by atoms with van der Waals surface area (Å²) in [5, 5.41) is 16.2. The number of para-hydroxylation sites is 1. The van der Waals surface area contributed by atoms with Crippen LogP contribution in [-0.2, 0) is 20.2 Å². The number of carbonyl (C=O) groups is 1. The van der Waals surface area contributed by atoms with E-state index < -0.39 is 27.0 Å². The van der Waals surface area contributed by atoms with Gasteiger partial charge in [-0.05, 0) is 48.9 Å². The molecule has 4 rings (SSSR count). The number of hydrogen-bond donors (Lipinski definition) is 1. The Balaban J connectivity index is 0.00000272. The first kappa shape index (κ1) is 23.7. The predicted molar refractivity (Wildman–Crippen MR) is 114 cm³/mol. The van der Waals surface area contributed by atoms with Gasteiger partial charge in [-0.1, -0.05) is 56.0 Å². The Morgan fingerprint density at radius 1 is 1.10 bits per heavy atom. The molecule has 0 bridgehead atoms. The zero-order valence-electron chi connectivity index (χ0n) is 18.1. The minimum Gasteiger partial charge on any atom is -0.871 e. The van der Waals surface area contributed by atoms with Crippen LogP contribution in [-0.4, -0.2) is 20.0 Å². The molecule has 8 heteroatoms. The molecule has 2 aromatic carbocycles. The van der Waals surface area contributed by atoms with Crippen molar-refractivity contribution >= 4 is 33.1 Å². The normalized spacial score (nSPS) is 21.5. The van der Waals surface area contributed by atoms with E-state index >= 15 is 0 Å². The molecule has 0 fully saturated rings. The van der Waals surface area contributed by atoms with Gasteiger partial charge in [-0.2, -0.15) is 8.42 Å². The maximum atomic E-state index is 13.7. The molecule has 6 nitrogen and oxygen atoms in total. The number of fused-ring (bicyclic) bond motifs is 2. The van der Waals surface area contributed by atoms with E-state index in [0.717, 1.165) is 6.42 Å². The number of hydrogen-bond acceptors (Lipinski definition) is 5. The van der Waals surface area contributed by atoms with Crippen molar-refractivity contribution < 1.29 is 47.9 Å². The Kier molecular flexibility index (Phi) is 6.54. The summed E-state index contributed by atoms with van der Waals surface area (Å²) < 4.78 is 29.2. The molecular formula is C23H23N2NaO4S. The molecule has 1 heterocycles. The topological polar surface area (TPSA) is 98.7 Å². The van der Waals surface area contributed by atoms with E-state index in [4.69, 9.17) is 0 Å². The molecule has 1 atom stereocenters. The van der Waals surface area contributed by atoms with Gasteiger partial charge in [-0.25, -0.2) is 0 Å². The third-order valence-electron chi connectivity index (χ3n) is 5.81. The van der Waals surface area contributed by atoms with Gasteiger partial charge in [0.2, 0.25) is 0 Å². The number of carbonyl (C=O) groups excluding carboxylic acids is 1. The summed E-state index contributed by atoms with van der Waals surface area (Å²) in [4.78, 5) is 13.7. The number of Topliss-reactive ketones (excluding diaryl/α,β-unsaturated/α-hetero) is 1. The van der Waals surface area contributed by atoms with Gasteiger partial charge >= 0.3 is 29.6 Å². The standard InChI is InChI=1S/C23H24N2O4S.Na/c1-14(2)12-13-23(3)16-9-5-4-8-15(16)20(26)19(21(23)27)22-24-17-10-6-7-11-18(17)30(28,29)25-22;/h4-11,14,26H,12-13H2,1-3H3,(H,24,25);/q;+1/p-1. The number of rotatable bonds is 4. The second kappa shape index (κ2) is 8.54. The maximum absolute atomic E-state index is 13.7. The quantitative estimate of drug-likeness (QED) is 0.679. The van der Waals surface area contributed by atoms with E-state index in [1.165, 1.54) is 6.07 Å². The minimum atomic E-state index is -4.03. The van der Waals surface area contributed by atoms with E-state index in [9.17, 15) is 18.3 Å². The third-order valence-corrected chi connectivity index (χ3v) is 7.14. The van der Waals surface area contributed by atoms with Crippen molar-refractivity contribution in [3.8, 4) is 0 Å². The number of benzene rings is 2. The Labute approximate surface area is 204 Å². The van der Waals surface area contributed by atoms with Crippen LogP contribution in [0.4, 0.5) is 5.69 Å². The fourth-order valence-corrected chi connectivity index (χ4v) is 5.18. The van der Waals surface area contributed by atoms with Crippen molar-refractivity contribution in [1.82, 2.24) is 0 Å². The number of amidine groups is 1. The number of ketones is 1. The monoisotopic (exact) mass is 446 g/mol. The van der Waals surface area contributed by atoms with Crippen molar-refractivity contribution in [3.63, 3.8) is 0 Å². The van der Waals surface area contributed by atoms with Crippen molar-refractivity contribution in [1.29, 1.82) is 0 Å². The molecule has 0 amide bonds. The molecule has 0 saturated carbocycles. The van der Waals surface area contributed by atoms with E-state index in [-0.39, 0.29) is 45.9 Å². The fourth-order valence-electron chi connectivity index (χ4n) is 4.06. The Morgan fingerprint density at radius 2 is 1.74 bits per heavy atom. The van der Waals surface area contributed by atoms with Crippen LogP contribution in [0.1, 0.15) is 44.7 Å². The van der Waals surface area contributed by atoms with Gasteiger partial charge in [0.15, 0.2) is 11.6 Å². The van der Waals surface area contributed by atoms with Gasteiger partial charge in [0.25, 0.3) is 10.0 Å². The first-order valence-corrected chi connectivity index (χ1v) is 11.4. The summed E-state index contributed by atoms with van der Waals surface area (Å²) in [6.07, 6.45) is 1.34. The third kappa shape index (κ3) is 4.00. The molecular weight excluding hydrogens is 423 g/mol. The summed E-state index contributed by atoms with van der Waals surface area (Å²) in [5.74, 6) is -0.722. The fraction of sp³-hybridized carbons (Fsp3) is 0.304. The summed E-state index contributed by atoms with van der Waals surface area (Å²) in [6.45, 7) is 5.98. The number of nitrogens with one attached hydrogen (secondary N) is 1. The van der Waals surface area contributed by atoms with Crippen LogP contribution in [0.25, 0.3) is 5.76 Å². The van der Waals surface area contributed by atoms with Crippen LogP contribution >= 0.6 is 0 Å². The molecule has 0 aromatic heterocycles. The number of nitrogens with zero attached hydrogens (tertiary/aromatic N) is 1. The van der Waals surface area contributed by atoms with Gasteiger partial charge in [-0.15, -0.1) is 4.40 Å². The maximum Gasteiger partial charge on any atom is 1.00 e. The van der Waals surface area contributed by atoms with E-state index in [1.54, 1.807) is 30.3 Å². The molecule has 1 N–H and O–H groups in total. The van der Waals surface area contributed by atoms with Crippen molar-refractivity contribution in [3.05, 3.63) is 65.2 Å². The Hall–Kier alpha value is -1.93. The Morgan fingerprint density at radius 3 is 2.45 bits per heavy atom. The second-order valence-electron chi connectivity index (χ2n) is 8.38. The Bertz CT molecular complexity index is 1220. The molecule has 1 unspecified atom stereocenters. The van der Waals surface area contributed by atoms with Gasteiger partial charge in [0, 0.05) is 0 Å². The molecule has 1 aliphatic heterocycles. The van der Waals surface area contributed by atoms with Crippen LogP contribution in [0.3, 0.4) is 0 Å². The van der Waals surface area contributed by atoms with E-state index in [1.807, 2.05) is 19.1 Å². The van der Waals surface area contributed by atoms with Gasteiger partial charge < -0.3 is 10.4 Å². The van der Waals surface area contributed by atoms with Crippen LogP contribution < -0.4 is 40.0 Å². The smallest absolute Gasteiger partial charge is 0.871 e. The number of sulfonamides is 1. The largest absolute Gasteiger partial charge is 1.00 e. The summed E-state index contributed by atoms with van der Waals surface area (Å²) >= 11 is 0. The molecule has 0 radical (unpaired) electrons. The van der Waals surface area contributed by atoms with E-state index in [2.05, 4.69) is 23.6 Å². The van der Waals surface area contributed by atoms with Gasteiger partial charge in [0.1, 0.15) is 4.90 Å². The summed E-state index contributed by atoms with van der Waals surface area (Å²) in [5.41, 5.74) is 0.272. The average molecular weight is 447 g/mol. The van der Waals surface area contributed by atoms with Crippen molar-refractivity contribution in [2.45, 2.75) is 43.9 Å². The zero-order chi connectivity index (χ0) is 21.7. The predicted octanol–water partition coefficient (Wildman–Crippen LogP) is 0.252. The van der Waals surface area contributed by atoms with E-state index in [0.29, 0.717) is 29.2 Å². The molecule has 31 heavy (non-hydrogen) atoms. The van der Waals surface area contributed by atoms with Crippen LogP contribution in [0.2, 0.25) is 0 Å². The van der Waals surface area contributed by atoms with Crippen LogP contribution in [0.15, 0.2) is 63.4 Å². The van der Waals surface area contributed by atoms with Crippen molar-refractivity contribution in [2.24, 2.45) is 10.3 Å². The van der Waals surface area contributed by atoms with Crippen molar-refractivity contribution in [2.75, 3.05) is 5.32 Å². The molecule has 156 valence electrons. The SMILES string of the molecule is CC(C)CCC1(C)C(=O)C(C2=NS(=O)(=O)c3ccccc3N2)=C([O-])c2ccccc21.[Na+]. The first-order chi connectivity index (χ1) is 14.1. The summed E-state index contributed by atoms with van der Waals surface area (Å²) in [7, 11) is -4.03. The molecule has 2 aliphatic rings. The van der Waals surface area contributed by atoms with Gasteiger partial charge in [0.05, 0.1) is 16.7 Å². The van der Waals surface area contributed by atoms with Crippen LogP contribution in [0.5, 0.6) is 0 Å². The number of anilines is 1. The molecule has 0 spiro atoms. The minimum absolute atomic E-state index is 0. The summed E-state index contributed by atoms with van der Waals surface area (Å²) in [6, 6.07) is 13.4. The second-order valence-corrected chi connectivity index (χ2v) is 9.95. The molecule has 1 aliphatic carbocycles.